The maximum atomic E-state index is 11.8. The highest BCUT2D eigenvalue weighted by Gasteiger charge is 2.35. The van der Waals surface area contributed by atoms with E-state index in [0.29, 0.717) is 18.4 Å². The number of carbonyl (C=O) groups excluding carboxylic acids is 1. The van der Waals surface area contributed by atoms with Gasteiger partial charge in [0, 0.05) is 13.0 Å². The van der Waals surface area contributed by atoms with E-state index < -0.39 is 28.7 Å². The summed E-state index contributed by atoms with van der Waals surface area (Å²) in [5.41, 5.74) is -0.0200. The van der Waals surface area contributed by atoms with Gasteiger partial charge < -0.3 is 24.3 Å². The van der Waals surface area contributed by atoms with E-state index in [2.05, 4.69) is 39.9 Å². The van der Waals surface area contributed by atoms with Crippen LogP contribution in [0.25, 0.3) is 0 Å². The lowest BCUT2D eigenvalue weighted by molar-refractivity contribution is -0.143. The predicted octanol–water partition coefficient (Wildman–Crippen LogP) is 2.38. The largest absolute Gasteiger partial charge is 0.418 e. The molecule has 1 aliphatic heterocycles. The second kappa shape index (κ2) is 12.9. The van der Waals surface area contributed by atoms with Crippen molar-refractivity contribution >= 4 is 15.7 Å². The van der Waals surface area contributed by atoms with E-state index in [4.69, 9.17) is 15.3 Å². The van der Waals surface area contributed by atoms with E-state index in [1.807, 2.05) is 0 Å². The Hall–Kier alpha value is -0.473. The molecule has 0 saturated carbocycles. The minimum atomic E-state index is -1.11. The molecule has 0 radical (unpaired) electrons. The zero-order chi connectivity index (χ0) is 21.2. The second-order valence-electron chi connectivity index (χ2n) is 7.84. The van der Waals surface area contributed by atoms with Crippen LogP contribution in [-0.2, 0) is 18.7 Å². The molecular weight excluding hydrogens is 362 g/mol. The number of aliphatic hydroxyl groups excluding tert-OH is 1. The highest BCUT2D eigenvalue weighted by molar-refractivity contribution is 6.27. The first-order chi connectivity index (χ1) is 13.2. The predicted molar refractivity (Wildman–Crippen MR) is 110 cm³/mol. The molecule has 1 saturated heterocycles. The van der Waals surface area contributed by atoms with Gasteiger partial charge in [-0.15, -0.1) is 0 Å². The summed E-state index contributed by atoms with van der Waals surface area (Å²) in [7, 11) is -0.572. The first-order valence-corrected chi connectivity index (χ1v) is 12.1. The molecule has 0 spiro atoms. The SMILES string of the molecule is [3H]C1CC(OCC(=O)NCCCC[SiH2]OC(C)(C(C)CC)C(C)CC)C(O)O1. The van der Waals surface area contributed by atoms with Gasteiger partial charge in [0.15, 0.2) is 16.1 Å². The first kappa shape index (κ1) is 22.8. The summed E-state index contributed by atoms with van der Waals surface area (Å²) < 4.78 is 24.1. The fourth-order valence-corrected chi connectivity index (χ4v) is 5.05. The fraction of sp³-hybridized carbons (Fsp3) is 0.950. The van der Waals surface area contributed by atoms with Crippen molar-refractivity contribution < 1.29 is 25.2 Å². The molecule has 2 N–H and O–H groups in total. The molecule has 27 heavy (non-hydrogen) atoms. The third-order valence-corrected chi connectivity index (χ3v) is 7.66. The van der Waals surface area contributed by atoms with Crippen LogP contribution >= 0.6 is 0 Å². The number of aliphatic hydroxyl groups is 1. The van der Waals surface area contributed by atoms with Gasteiger partial charge in [0.2, 0.25) is 5.91 Å². The molecule has 1 amide bonds. The van der Waals surface area contributed by atoms with Crippen LogP contribution < -0.4 is 5.32 Å². The summed E-state index contributed by atoms with van der Waals surface area (Å²) in [6.45, 7) is 11.0. The standard InChI is InChI=1S/C20H41NO5Si/c1-6-15(3)20(5,16(4)7-2)26-27-13-9-8-11-21-18(22)14-25-17-10-12-24-19(17)23/h15-17,19,23H,6-14,27H2,1-5H3,(H,21,22)/i12T. The molecule has 1 fully saturated rings. The van der Waals surface area contributed by atoms with Crippen LogP contribution in [0.5, 0.6) is 0 Å². The van der Waals surface area contributed by atoms with E-state index in [-0.39, 0.29) is 24.5 Å². The van der Waals surface area contributed by atoms with E-state index >= 15 is 0 Å². The quantitative estimate of drug-likeness (QED) is 0.343. The van der Waals surface area contributed by atoms with Crippen LogP contribution in [0.1, 0.15) is 68.1 Å². The van der Waals surface area contributed by atoms with Crippen molar-refractivity contribution in [2.24, 2.45) is 11.8 Å². The molecule has 6 nitrogen and oxygen atoms in total. The Morgan fingerprint density at radius 2 is 2.04 bits per heavy atom. The molecule has 0 aromatic rings. The van der Waals surface area contributed by atoms with Crippen molar-refractivity contribution in [2.45, 2.75) is 90.8 Å². The Morgan fingerprint density at radius 1 is 1.37 bits per heavy atom. The molecule has 1 rings (SSSR count). The Morgan fingerprint density at radius 3 is 2.59 bits per heavy atom. The smallest absolute Gasteiger partial charge is 0.246 e. The van der Waals surface area contributed by atoms with Crippen molar-refractivity contribution in [3.8, 4) is 0 Å². The Balaban J connectivity index is 2.12. The van der Waals surface area contributed by atoms with Crippen molar-refractivity contribution in [3.63, 3.8) is 0 Å². The van der Waals surface area contributed by atoms with Crippen LogP contribution in [0, 0.1) is 11.8 Å². The molecular formula is C20H41NO5Si. The summed E-state index contributed by atoms with van der Waals surface area (Å²) in [5, 5.41) is 12.4. The molecule has 5 atom stereocenters. The maximum absolute atomic E-state index is 11.8. The lowest BCUT2D eigenvalue weighted by atomic mass is 9.78. The number of ether oxygens (including phenoxy) is 2. The van der Waals surface area contributed by atoms with Gasteiger partial charge in [-0.05, 0) is 31.2 Å². The minimum Gasteiger partial charge on any atom is -0.418 e. The van der Waals surface area contributed by atoms with Crippen LogP contribution in [0.3, 0.4) is 0 Å². The van der Waals surface area contributed by atoms with E-state index in [1.54, 1.807) is 0 Å². The van der Waals surface area contributed by atoms with E-state index in [0.717, 1.165) is 31.7 Å². The van der Waals surface area contributed by atoms with Crippen LogP contribution in [-0.4, -0.2) is 58.5 Å². The van der Waals surface area contributed by atoms with E-state index in [1.165, 1.54) is 0 Å². The normalized spacial score (nSPS) is 28.1. The summed E-state index contributed by atoms with van der Waals surface area (Å²) in [6.07, 6.45) is 2.82. The number of hydrogen-bond donors (Lipinski definition) is 2. The molecule has 7 heteroatoms. The average Bonchev–Trinajstić information content (AvgIpc) is 3.00. The number of amides is 1. The molecule has 1 heterocycles. The Labute approximate surface area is 169 Å². The zero-order valence-electron chi connectivity index (χ0n) is 18.8. The molecule has 0 aliphatic carbocycles. The van der Waals surface area contributed by atoms with Gasteiger partial charge in [-0.3, -0.25) is 4.79 Å². The summed E-state index contributed by atoms with van der Waals surface area (Å²) in [6, 6.07) is 1.12. The van der Waals surface area contributed by atoms with Crippen molar-refractivity contribution in [1.29, 1.82) is 0 Å². The number of unbranched alkanes of at least 4 members (excludes halogenated alkanes) is 1. The van der Waals surface area contributed by atoms with Crippen molar-refractivity contribution in [3.05, 3.63) is 0 Å². The number of carbonyl (C=O) groups is 1. The first-order valence-electron chi connectivity index (χ1n) is 11.1. The lowest BCUT2D eigenvalue weighted by Crippen LogP contribution is -2.43. The number of nitrogens with one attached hydrogen (secondary N) is 1. The highest BCUT2D eigenvalue weighted by Crippen LogP contribution is 2.34. The van der Waals surface area contributed by atoms with Gasteiger partial charge in [-0.1, -0.05) is 47.0 Å². The summed E-state index contributed by atoms with van der Waals surface area (Å²) in [5.74, 6) is 0.918. The molecule has 1 aliphatic rings. The molecule has 160 valence electrons. The average molecular weight is 406 g/mol. The maximum Gasteiger partial charge on any atom is 0.246 e. The van der Waals surface area contributed by atoms with Crippen LogP contribution in [0.2, 0.25) is 6.04 Å². The third-order valence-electron chi connectivity index (χ3n) is 6.05. The fourth-order valence-electron chi connectivity index (χ4n) is 3.34. The summed E-state index contributed by atoms with van der Waals surface area (Å²) in [4.78, 5) is 11.8. The molecule has 0 aromatic carbocycles. The van der Waals surface area contributed by atoms with Gasteiger partial charge in [0.1, 0.15) is 12.7 Å². The van der Waals surface area contributed by atoms with Crippen LogP contribution in [0.15, 0.2) is 0 Å². The van der Waals surface area contributed by atoms with Crippen molar-refractivity contribution in [2.75, 3.05) is 19.7 Å². The van der Waals surface area contributed by atoms with Gasteiger partial charge in [-0.25, -0.2) is 0 Å². The third kappa shape index (κ3) is 8.19. The number of rotatable bonds is 14. The van der Waals surface area contributed by atoms with Gasteiger partial charge >= 0.3 is 0 Å². The van der Waals surface area contributed by atoms with Crippen molar-refractivity contribution in [1.82, 2.24) is 5.32 Å². The lowest BCUT2D eigenvalue weighted by Gasteiger charge is -2.41. The van der Waals surface area contributed by atoms with Gasteiger partial charge in [0.25, 0.3) is 0 Å². The second-order valence-corrected chi connectivity index (χ2v) is 9.24. The van der Waals surface area contributed by atoms with Crippen LogP contribution in [0.4, 0.5) is 0 Å². The molecule has 5 unspecified atom stereocenters. The van der Waals surface area contributed by atoms with Gasteiger partial charge in [-0.2, -0.15) is 0 Å². The Bertz CT molecular complexity index is 446. The zero-order valence-corrected chi connectivity index (χ0v) is 19.2. The molecule has 0 aromatic heterocycles. The van der Waals surface area contributed by atoms with E-state index in [9.17, 15) is 9.90 Å². The summed E-state index contributed by atoms with van der Waals surface area (Å²) >= 11 is 0. The Kier molecular flexibility index (Phi) is 10.9. The van der Waals surface area contributed by atoms with Gasteiger partial charge in [0.05, 0.1) is 13.6 Å². The minimum absolute atomic E-state index is 0.0200. The topological polar surface area (TPSA) is 77.0 Å². The monoisotopic (exact) mass is 405 g/mol. The number of hydrogen-bond acceptors (Lipinski definition) is 5. The molecule has 0 bridgehead atoms. The highest BCUT2D eigenvalue weighted by atomic mass is 28.2.